The molecule has 0 saturated heterocycles. The van der Waals surface area contributed by atoms with E-state index in [1.54, 1.807) is 0 Å². The third kappa shape index (κ3) is 9.48. The zero-order valence-corrected chi connectivity index (χ0v) is 25.6. The van der Waals surface area contributed by atoms with Gasteiger partial charge in [0.2, 0.25) is 0 Å². The van der Waals surface area contributed by atoms with E-state index < -0.39 is 0 Å². The molecule has 5 rings (SSSR count). The lowest BCUT2D eigenvalue weighted by molar-refractivity contribution is -0.161. The van der Waals surface area contributed by atoms with Crippen molar-refractivity contribution in [2.45, 2.75) is 179 Å². The second-order valence-corrected chi connectivity index (χ2v) is 14.9. The summed E-state index contributed by atoms with van der Waals surface area (Å²) in [5.74, 6) is 3.78. The van der Waals surface area contributed by atoms with Gasteiger partial charge in [0.05, 0.1) is 11.8 Å². The maximum atomic E-state index is 12.9. The summed E-state index contributed by atoms with van der Waals surface area (Å²) in [4.78, 5) is 25.8. The van der Waals surface area contributed by atoms with Crippen molar-refractivity contribution in [2.24, 2.45) is 35.5 Å². The third-order valence-corrected chi connectivity index (χ3v) is 12.0. The van der Waals surface area contributed by atoms with Crippen LogP contribution in [-0.4, -0.2) is 24.1 Å². The Bertz CT molecular complexity index is 743. The van der Waals surface area contributed by atoms with E-state index in [4.69, 9.17) is 9.47 Å². The molecule has 0 bridgehead atoms. The van der Waals surface area contributed by atoms with Crippen LogP contribution in [0.25, 0.3) is 0 Å². The highest BCUT2D eigenvalue weighted by Crippen LogP contribution is 2.38. The monoisotopic (exact) mass is 556 g/mol. The van der Waals surface area contributed by atoms with Gasteiger partial charge in [-0.25, -0.2) is 0 Å². The Kier molecular flexibility index (Phi) is 12.1. The van der Waals surface area contributed by atoms with E-state index in [-0.39, 0.29) is 36.0 Å². The first-order chi connectivity index (χ1) is 19.6. The van der Waals surface area contributed by atoms with E-state index >= 15 is 0 Å². The summed E-state index contributed by atoms with van der Waals surface area (Å²) in [7, 11) is 0. The van der Waals surface area contributed by atoms with Crippen LogP contribution in [0.15, 0.2) is 0 Å². The average molecular weight is 557 g/mol. The molecule has 0 amide bonds. The van der Waals surface area contributed by atoms with Crippen LogP contribution in [0.3, 0.4) is 0 Å². The van der Waals surface area contributed by atoms with Crippen molar-refractivity contribution in [3.05, 3.63) is 0 Å². The minimum Gasteiger partial charge on any atom is -0.462 e. The van der Waals surface area contributed by atoms with Crippen LogP contribution in [-0.2, 0) is 19.1 Å². The van der Waals surface area contributed by atoms with Gasteiger partial charge in [-0.2, -0.15) is 0 Å². The third-order valence-electron chi connectivity index (χ3n) is 12.0. The number of carbonyl (C=O) groups is 2. The molecule has 5 saturated carbocycles. The Morgan fingerprint density at radius 1 is 0.375 bits per heavy atom. The molecular weight excluding hydrogens is 496 g/mol. The van der Waals surface area contributed by atoms with Crippen molar-refractivity contribution < 1.29 is 19.1 Å². The minimum atomic E-state index is -0.00131. The fourth-order valence-electron chi connectivity index (χ4n) is 9.06. The van der Waals surface area contributed by atoms with Crippen molar-refractivity contribution >= 4 is 11.9 Å². The highest BCUT2D eigenvalue weighted by atomic mass is 16.5. The van der Waals surface area contributed by atoms with E-state index in [9.17, 15) is 9.59 Å². The van der Waals surface area contributed by atoms with Crippen LogP contribution in [0.5, 0.6) is 0 Å². The fourth-order valence-corrected chi connectivity index (χ4v) is 9.06. The van der Waals surface area contributed by atoms with Crippen LogP contribution >= 0.6 is 0 Å². The maximum absolute atomic E-state index is 12.9. The molecule has 0 radical (unpaired) electrons. The van der Waals surface area contributed by atoms with Crippen molar-refractivity contribution in [3.8, 4) is 0 Å². The van der Waals surface area contributed by atoms with Gasteiger partial charge >= 0.3 is 11.9 Å². The lowest BCUT2D eigenvalue weighted by Gasteiger charge is -2.33. The zero-order chi connectivity index (χ0) is 27.6. The molecule has 0 aromatic rings. The Morgan fingerprint density at radius 2 is 0.675 bits per heavy atom. The molecule has 40 heavy (non-hydrogen) atoms. The largest absolute Gasteiger partial charge is 0.462 e. The highest BCUT2D eigenvalue weighted by Gasteiger charge is 2.34. The fraction of sp³-hybridized carbons (Fsp3) is 0.944. The predicted molar refractivity (Wildman–Crippen MR) is 161 cm³/mol. The van der Waals surface area contributed by atoms with E-state index in [1.165, 1.54) is 116 Å². The molecule has 0 unspecified atom stereocenters. The van der Waals surface area contributed by atoms with E-state index in [2.05, 4.69) is 0 Å². The highest BCUT2D eigenvalue weighted by molar-refractivity contribution is 5.73. The molecule has 228 valence electrons. The molecule has 0 spiro atoms. The normalized spacial score (nSPS) is 34.7. The molecule has 0 heterocycles. The van der Waals surface area contributed by atoms with Gasteiger partial charge in [0, 0.05) is 0 Å². The second-order valence-electron chi connectivity index (χ2n) is 14.9. The molecule has 0 aromatic carbocycles. The van der Waals surface area contributed by atoms with Gasteiger partial charge in [-0.15, -0.1) is 0 Å². The van der Waals surface area contributed by atoms with Gasteiger partial charge in [-0.1, -0.05) is 89.9 Å². The van der Waals surface area contributed by atoms with Gasteiger partial charge < -0.3 is 9.47 Å². The van der Waals surface area contributed by atoms with Crippen LogP contribution in [0.1, 0.15) is 167 Å². The maximum Gasteiger partial charge on any atom is 0.309 e. The molecule has 5 aliphatic rings. The topological polar surface area (TPSA) is 52.6 Å². The van der Waals surface area contributed by atoms with Crippen LogP contribution in [0.4, 0.5) is 0 Å². The molecule has 0 N–H and O–H groups in total. The zero-order valence-electron chi connectivity index (χ0n) is 25.6. The Labute approximate surface area is 245 Å². The SMILES string of the molecule is O=C(OC1CCC(C(=O)OC2CCC(CCC3CCCCC3)CC2)CC1)C1CCC(CCC2CCCCC2)CC1. The Hall–Kier alpha value is -1.06. The number of esters is 2. The molecule has 5 fully saturated rings. The summed E-state index contributed by atoms with van der Waals surface area (Å²) >= 11 is 0. The number of hydrogen-bond donors (Lipinski definition) is 0. The van der Waals surface area contributed by atoms with Crippen molar-refractivity contribution in [2.75, 3.05) is 0 Å². The summed E-state index contributed by atoms with van der Waals surface area (Å²) in [6.07, 6.45) is 32.4. The van der Waals surface area contributed by atoms with Crippen LogP contribution < -0.4 is 0 Å². The van der Waals surface area contributed by atoms with Gasteiger partial charge in [0.25, 0.3) is 0 Å². The first kappa shape index (κ1) is 30.4. The van der Waals surface area contributed by atoms with E-state index in [0.29, 0.717) is 0 Å². The lowest BCUT2D eigenvalue weighted by Crippen LogP contribution is -2.33. The molecule has 5 aliphatic carbocycles. The Morgan fingerprint density at radius 3 is 1.07 bits per heavy atom. The summed E-state index contributed by atoms with van der Waals surface area (Å²) in [5.41, 5.74) is 0. The molecule has 0 aliphatic heterocycles. The van der Waals surface area contributed by atoms with E-state index in [1.807, 2.05) is 0 Å². The summed E-state index contributed by atoms with van der Waals surface area (Å²) in [6, 6.07) is 0. The van der Waals surface area contributed by atoms with Crippen molar-refractivity contribution in [1.82, 2.24) is 0 Å². The predicted octanol–water partition coefficient (Wildman–Crippen LogP) is 9.72. The molecule has 0 aromatic heterocycles. The smallest absolute Gasteiger partial charge is 0.309 e. The van der Waals surface area contributed by atoms with Crippen LogP contribution in [0, 0.1) is 35.5 Å². The first-order valence-electron chi connectivity index (χ1n) is 18.0. The molecule has 0 atom stereocenters. The molecule has 4 heteroatoms. The molecule has 4 nitrogen and oxygen atoms in total. The number of rotatable bonds is 10. The first-order valence-corrected chi connectivity index (χ1v) is 18.0. The molecular formula is C36H60O4. The summed E-state index contributed by atoms with van der Waals surface area (Å²) < 4.78 is 12.0. The van der Waals surface area contributed by atoms with Gasteiger partial charge in [-0.05, 0) is 101 Å². The standard InChI is InChI=1S/C36H60O4/c37-35(31-19-15-29(16-20-31)13-11-27-7-3-1-4-8-27)40-34-25-21-32(22-26-34)36(38)39-33-23-17-30(18-24-33)14-12-28-9-5-2-6-10-28/h27-34H,1-26H2. The second kappa shape index (κ2) is 16.0. The number of hydrogen-bond acceptors (Lipinski definition) is 4. The van der Waals surface area contributed by atoms with Gasteiger partial charge in [-0.3, -0.25) is 9.59 Å². The quantitative estimate of drug-likeness (QED) is 0.251. The summed E-state index contributed by atoms with van der Waals surface area (Å²) in [5, 5.41) is 0. The average Bonchev–Trinajstić information content (AvgIpc) is 3.01. The van der Waals surface area contributed by atoms with Gasteiger partial charge in [0.1, 0.15) is 12.2 Å². The van der Waals surface area contributed by atoms with Crippen molar-refractivity contribution in [3.63, 3.8) is 0 Å². The van der Waals surface area contributed by atoms with Crippen molar-refractivity contribution in [1.29, 1.82) is 0 Å². The lowest BCUT2D eigenvalue weighted by atomic mass is 9.77. The summed E-state index contributed by atoms with van der Waals surface area (Å²) in [6.45, 7) is 0. The minimum absolute atomic E-state index is 0.000165. The van der Waals surface area contributed by atoms with Crippen LogP contribution in [0.2, 0.25) is 0 Å². The number of ether oxygens (including phenoxy) is 2. The van der Waals surface area contributed by atoms with E-state index in [0.717, 1.165) is 75.0 Å². The van der Waals surface area contributed by atoms with Gasteiger partial charge in [0.15, 0.2) is 0 Å². The Balaban J connectivity index is 0.912. The number of carbonyl (C=O) groups excluding carboxylic acids is 2.